The second kappa shape index (κ2) is 8.10. The molecule has 0 aliphatic heterocycles. The lowest BCUT2D eigenvalue weighted by atomic mass is 10.1. The number of thioether (sulfide) groups is 1. The first-order valence-corrected chi connectivity index (χ1v) is 9.13. The average Bonchev–Trinajstić information content (AvgIpc) is 3.10. The van der Waals surface area contributed by atoms with Gasteiger partial charge in [-0.15, -0.1) is 11.8 Å². The number of aromatic nitrogens is 1. The number of methoxy groups -OCH3 is 1. The number of aromatic amines is 1. The number of esters is 1. The monoisotopic (exact) mass is 369 g/mol. The van der Waals surface area contributed by atoms with Gasteiger partial charge in [0.25, 0.3) is 0 Å². The van der Waals surface area contributed by atoms with Gasteiger partial charge in [0.05, 0.1) is 12.9 Å². The number of ether oxygens (including phenoxy) is 2. The molecule has 0 unspecified atom stereocenters. The van der Waals surface area contributed by atoms with Gasteiger partial charge < -0.3 is 14.5 Å². The van der Waals surface area contributed by atoms with Crippen LogP contribution in [0.15, 0.2) is 59.6 Å². The highest BCUT2D eigenvalue weighted by molar-refractivity contribution is 8.00. The maximum atomic E-state index is 12.6. The van der Waals surface area contributed by atoms with E-state index >= 15 is 0 Å². The zero-order valence-corrected chi connectivity index (χ0v) is 15.3. The van der Waals surface area contributed by atoms with E-state index in [-0.39, 0.29) is 11.5 Å². The Morgan fingerprint density at radius 1 is 1.12 bits per heavy atom. The minimum absolute atomic E-state index is 0.137. The lowest BCUT2D eigenvalue weighted by Gasteiger charge is -2.12. The number of hydrogen-bond donors (Lipinski definition) is 1. The minimum Gasteiger partial charge on any atom is -0.497 e. The molecule has 1 atom stereocenters. The van der Waals surface area contributed by atoms with Crippen molar-refractivity contribution in [3.63, 3.8) is 0 Å². The Kier molecular flexibility index (Phi) is 5.63. The predicted octanol–water partition coefficient (Wildman–Crippen LogP) is 4.08. The van der Waals surface area contributed by atoms with Crippen LogP contribution in [0.5, 0.6) is 5.75 Å². The summed E-state index contributed by atoms with van der Waals surface area (Å²) in [6.45, 7) is 1.60. The van der Waals surface area contributed by atoms with Crippen molar-refractivity contribution in [2.24, 2.45) is 0 Å². The van der Waals surface area contributed by atoms with Crippen LogP contribution in [-0.4, -0.2) is 35.7 Å². The number of H-pyrrole nitrogens is 1. The van der Waals surface area contributed by atoms with Crippen LogP contribution in [0, 0.1) is 0 Å². The molecule has 0 bridgehead atoms. The molecule has 0 amide bonds. The molecule has 5 nitrogen and oxygen atoms in total. The Balaban J connectivity index is 1.57. The number of carbonyl (C=O) groups is 2. The number of Topliss-reactive ketones (excluding diaryl/α,β-unsaturated/α-hetero) is 1. The third-order valence-electron chi connectivity index (χ3n) is 3.95. The van der Waals surface area contributed by atoms with Crippen molar-refractivity contribution in [3.05, 3.63) is 60.3 Å². The SMILES string of the molecule is COc1ccc(SCC(=O)O[C@H](C)C(=O)c2c[nH]c3ccccc23)cc1. The Labute approximate surface area is 155 Å². The van der Waals surface area contributed by atoms with Gasteiger partial charge in [0, 0.05) is 27.6 Å². The fourth-order valence-corrected chi connectivity index (χ4v) is 3.27. The van der Waals surface area contributed by atoms with Crippen LogP contribution in [0.3, 0.4) is 0 Å². The highest BCUT2D eigenvalue weighted by atomic mass is 32.2. The smallest absolute Gasteiger partial charge is 0.316 e. The fourth-order valence-electron chi connectivity index (χ4n) is 2.59. The summed E-state index contributed by atoms with van der Waals surface area (Å²) in [5.41, 5.74) is 1.41. The van der Waals surface area contributed by atoms with E-state index in [0.717, 1.165) is 21.5 Å². The molecule has 0 aliphatic rings. The molecule has 0 saturated heterocycles. The van der Waals surface area contributed by atoms with Crippen molar-refractivity contribution in [1.29, 1.82) is 0 Å². The molecular weight excluding hydrogens is 350 g/mol. The number of ketones is 1. The summed E-state index contributed by atoms with van der Waals surface area (Å²) in [6.07, 6.45) is 0.821. The number of rotatable bonds is 7. The van der Waals surface area contributed by atoms with Crippen LogP contribution in [0.25, 0.3) is 10.9 Å². The molecule has 0 saturated carbocycles. The van der Waals surface area contributed by atoms with E-state index < -0.39 is 12.1 Å². The van der Waals surface area contributed by atoms with E-state index in [1.807, 2.05) is 48.5 Å². The molecule has 0 radical (unpaired) electrons. The second-order valence-corrected chi connectivity index (χ2v) is 6.76. The zero-order valence-electron chi connectivity index (χ0n) is 14.5. The van der Waals surface area contributed by atoms with Crippen LogP contribution in [0.1, 0.15) is 17.3 Å². The standard InChI is InChI=1S/C20H19NO4S/c1-13(20(23)17-11-21-18-6-4-3-5-16(17)18)25-19(22)12-26-15-9-7-14(24-2)8-10-15/h3-11,13,21H,12H2,1-2H3/t13-/m1/s1. The Morgan fingerprint density at radius 2 is 1.85 bits per heavy atom. The molecule has 0 aliphatic carbocycles. The van der Waals surface area contributed by atoms with Gasteiger partial charge in [0.1, 0.15) is 5.75 Å². The van der Waals surface area contributed by atoms with Gasteiger partial charge >= 0.3 is 5.97 Å². The van der Waals surface area contributed by atoms with Crippen molar-refractivity contribution < 1.29 is 19.1 Å². The molecule has 26 heavy (non-hydrogen) atoms. The summed E-state index contributed by atoms with van der Waals surface area (Å²) in [4.78, 5) is 28.6. The van der Waals surface area contributed by atoms with Gasteiger partial charge in [-0.25, -0.2) is 0 Å². The highest BCUT2D eigenvalue weighted by Crippen LogP contribution is 2.22. The summed E-state index contributed by atoms with van der Waals surface area (Å²) in [5.74, 6) is 0.254. The average molecular weight is 369 g/mol. The maximum absolute atomic E-state index is 12.6. The second-order valence-electron chi connectivity index (χ2n) is 5.71. The van der Waals surface area contributed by atoms with E-state index in [0.29, 0.717) is 5.56 Å². The largest absolute Gasteiger partial charge is 0.497 e. The molecule has 0 fully saturated rings. The van der Waals surface area contributed by atoms with Crippen molar-refractivity contribution in [1.82, 2.24) is 4.98 Å². The van der Waals surface area contributed by atoms with Gasteiger partial charge in [-0.1, -0.05) is 18.2 Å². The summed E-state index contributed by atoms with van der Waals surface area (Å²) in [5, 5.41) is 0.827. The van der Waals surface area contributed by atoms with Gasteiger partial charge in [-0.3, -0.25) is 9.59 Å². The molecule has 1 aromatic heterocycles. The predicted molar refractivity (Wildman–Crippen MR) is 102 cm³/mol. The molecule has 1 heterocycles. The third-order valence-corrected chi connectivity index (χ3v) is 4.93. The number of fused-ring (bicyclic) bond motifs is 1. The van der Waals surface area contributed by atoms with Crippen molar-refractivity contribution >= 4 is 34.4 Å². The number of carbonyl (C=O) groups excluding carboxylic acids is 2. The normalized spacial score (nSPS) is 11.9. The van der Waals surface area contributed by atoms with E-state index in [4.69, 9.17) is 9.47 Å². The molecule has 3 rings (SSSR count). The van der Waals surface area contributed by atoms with E-state index in [1.54, 1.807) is 20.2 Å². The molecule has 0 spiro atoms. The van der Waals surface area contributed by atoms with Gasteiger partial charge in [0.15, 0.2) is 6.10 Å². The Bertz CT molecular complexity index is 917. The molecule has 134 valence electrons. The van der Waals surface area contributed by atoms with E-state index in [1.165, 1.54) is 11.8 Å². The third kappa shape index (κ3) is 4.08. The first-order chi connectivity index (χ1) is 12.6. The number of hydrogen-bond acceptors (Lipinski definition) is 5. The van der Waals surface area contributed by atoms with E-state index in [2.05, 4.69) is 4.98 Å². The molecule has 3 aromatic rings. The van der Waals surface area contributed by atoms with Crippen molar-refractivity contribution in [2.45, 2.75) is 17.9 Å². The quantitative estimate of drug-likeness (QED) is 0.386. The van der Waals surface area contributed by atoms with Gasteiger partial charge in [0.2, 0.25) is 5.78 Å². The van der Waals surface area contributed by atoms with Crippen molar-refractivity contribution in [3.8, 4) is 5.75 Å². The fraction of sp³-hybridized carbons (Fsp3) is 0.200. The maximum Gasteiger partial charge on any atom is 0.316 e. The number of benzene rings is 2. The number of nitrogens with one attached hydrogen (secondary N) is 1. The van der Waals surface area contributed by atoms with Crippen molar-refractivity contribution in [2.75, 3.05) is 12.9 Å². The van der Waals surface area contributed by atoms with E-state index in [9.17, 15) is 9.59 Å². The molecular formula is C20H19NO4S. The Hall–Kier alpha value is -2.73. The zero-order chi connectivity index (χ0) is 18.5. The lowest BCUT2D eigenvalue weighted by Crippen LogP contribution is -2.25. The van der Waals surface area contributed by atoms with Gasteiger partial charge in [-0.2, -0.15) is 0 Å². The van der Waals surface area contributed by atoms with Crippen LogP contribution in [0.2, 0.25) is 0 Å². The highest BCUT2D eigenvalue weighted by Gasteiger charge is 2.22. The number of para-hydroxylation sites is 1. The van der Waals surface area contributed by atoms with Crippen LogP contribution in [-0.2, 0) is 9.53 Å². The van der Waals surface area contributed by atoms with Crippen LogP contribution >= 0.6 is 11.8 Å². The van der Waals surface area contributed by atoms with Gasteiger partial charge in [-0.05, 0) is 37.3 Å². The van der Waals surface area contributed by atoms with Crippen LogP contribution in [0.4, 0.5) is 0 Å². The Morgan fingerprint density at radius 3 is 2.58 bits per heavy atom. The first kappa shape index (κ1) is 18.1. The van der Waals surface area contributed by atoms with Crippen LogP contribution < -0.4 is 4.74 Å². The summed E-state index contributed by atoms with van der Waals surface area (Å²) >= 11 is 1.35. The minimum atomic E-state index is -0.835. The molecule has 6 heteroatoms. The lowest BCUT2D eigenvalue weighted by molar-refractivity contribution is -0.143. The summed E-state index contributed by atoms with van der Waals surface area (Å²) in [7, 11) is 1.60. The topological polar surface area (TPSA) is 68.4 Å². The molecule has 1 N–H and O–H groups in total. The summed E-state index contributed by atoms with van der Waals surface area (Å²) in [6, 6.07) is 14.9. The first-order valence-electron chi connectivity index (χ1n) is 8.15. The molecule has 2 aromatic carbocycles. The summed E-state index contributed by atoms with van der Waals surface area (Å²) < 4.78 is 10.4.